The number of amides is 1. The van der Waals surface area contributed by atoms with Crippen LogP contribution in [0.2, 0.25) is 0 Å². The molecule has 3 fully saturated rings. The Morgan fingerprint density at radius 3 is 2.64 bits per heavy atom. The van der Waals surface area contributed by atoms with Gasteiger partial charge < -0.3 is 9.88 Å². The number of carbonyl (C=O) groups is 1. The van der Waals surface area contributed by atoms with Crippen LogP contribution in [0.5, 0.6) is 0 Å². The van der Waals surface area contributed by atoms with Crippen molar-refractivity contribution in [2.45, 2.75) is 37.0 Å². The van der Waals surface area contributed by atoms with Gasteiger partial charge >= 0.3 is 0 Å². The fourth-order valence-electron chi connectivity index (χ4n) is 4.26. The lowest BCUT2D eigenvalue weighted by molar-refractivity contribution is 0.0434. The van der Waals surface area contributed by atoms with Crippen molar-refractivity contribution < 1.29 is 13.2 Å². The molecule has 10 heteroatoms. The van der Waals surface area contributed by atoms with E-state index in [0.29, 0.717) is 11.1 Å². The second kappa shape index (κ2) is 5.76. The van der Waals surface area contributed by atoms with Crippen molar-refractivity contribution in [2.75, 3.05) is 4.90 Å². The third kappa shape index (κ3) is 2.34. The van der Waals surface area contributed by atoms with Crippen molar-refractivity contribution in [3.63, 3.8) is 0 Å². The van der Waals surface area contributed by atoms with Crippen LogP contribution in [0.25, 0.3) is 11.0 Å². The van der Waals surface area contributed by atoms with E-state index in [1.807, 2.05) is 17.2 Å². The predicted octanol–water partition coefficient (Wildman–Crippen LogP) is 1.32. The molecule has 0 spiro atoms. The Hall–Kier alpha value is -2.98. The van der Waals surface area contributed by atoms with E-state index >= 15 is 0 Å². The van der Waals surface area contributed by atoms with Gasteiger partial charge in [-0.3, -0.25) is 9.69 Å². The summed E-state index contributed by atoms with van der Waals surface area (Å²) in [6, 6.07) is 6.29. The fourth-order valence-corrected chi connectivity index (χ4v) is 4.86. The molecule has 3 saturated heterocycles. The smallest absolute Gasteiger partial charge is 0.257 e. The third-order valence-corrected chi connectivity index (χ3v) is 6.45. The Morgan fingerprint density at radius 2 is 1.96 bits per heavy atom. The number of nitrogens with one attached hydrogen (secondary N) is 1. The van der Waals surface area contributed by atoms with Gasteiger partial charge in [0.1, 0.15) is 30.1 Å². The van der Waals surface area contributed by atoms with Crippen molar-refractivity contribution in [3.05, 3.63) is 47.9 Å². The van der Waals surface area contributed by atoms with E-state index in [-0.39, 0.29) is 23.1 Å². The lowest BCUT2D eigenvalue weighted by atomic mass is 10.1. The first-order valence-corrected chi connectivity index (χ1v) is 10.4. The Bertz CT molecular complexity index is 1210. The molecule has 0 aliphatic carbocycles. The van der Waals surface area contributed by atoms with E-state index in [0.717, 1.165) is 29.7 Å². The topological polar surface area (TPSA) is 125 Å². The molecule has 3 N–H and O–H groups in total. The number of fused-ring (bicyclic) bond motifs is 2. The molecule has 0 radical (unpaired) electrons. The number of sulfonamides is 1. The minimum atomic E-state index is -3.80. The van der Waals surface area contributed by atoms with Crippen LogP contribution in [-0.2, 0) is 10.0 Å². The maximum atomic E-state index is 13.1. The van der Waals surface area contributed by atoms with Crippen LogP contribution in [0.1, 0.15) is 28.8 Å². The predicted molar refractivity (Wildman–Crippen MR) is 102 cm³/mol. The lowest BCUT2D eigenvalue weighted by Gasteiger charge is -2.51. The minimum absolute atomic E-state index is 0.00518. The number of nitrogens with two attached hydrogens (primary N) is 1. The zero-order chi connectivity index (χ0) is 19.6. The largest absolute Gasteiger partial charge is 0.346 e. The number of primary sulfonamides is 1. The van der Waals surface area contributed by atoms with Gasteiger partial charge in [0, 0.05) is 11.8 Å². The number of aryl methyl sites for hydroxylation is 1. The molecule has 0 saturated carbocycles. The van der Waals surface area contributed by atoms with Gasteiger partial charge in [0.25, 0.3) is 5.91 Å². The molecule has 9 nitrogen and oxygen atoms in total. The number of H-pyrrole nitrogens is 1. The number of benzene rings is 1. The Kier molecular flexibility index (Phi) is 3.52. The van der Waals surface area contributed by atoms with Crippen molar-refractivity contribution in [2.24, 2.45) is 5.14 Å². The van der Waals surface area contributed by atoms with Gasteiger partial charge in [0.2, 0.25) is 10.0 Å². The van der Waals surface area contributed by atoms with Crippen LogP contribution in [0.15, 0.2) is 41.7 Å². The quantitative estimate of drug-likeness (QED) is 0.685. The summed E-state index contributed by atoms with van der Waals surface area (Å²) < 4.78 is 23.1. The average Bonchev–Trinajstić information content (AvgIpc) is 3.37. The number of aromatic nitrogens is 3. The van der Waals surface area contributed by atoms with Crippen molar-refractivity contribution in [1.29, 1.82) is 0 Å². The Balaban J connectivity index is 1.45. The number of carbonyl (C=O) groups excluding carboxylic acids is 1. The van der Waals surface area contributed by atoms with E-state index in [4.69, 9.17) is 5.14 Å². The third-order valence-electron chi connectivity index (χ3n) is 5.54. The van der Waals surface area contributed by atoms with Crippen molar-refractivity contribution in [1.82, 2.24) is 19.9 Å². The van der Waals surface area contributed by atoms with Gasteiger partial charge in [0.15, 0.2) is 0 Å². The van der Waals surface area contributed by atoms with Gasteiger partial charge in [-0.05, 0) is 49.6 Å². The summed E-state index contributed by atoms with van der Waals surface area (Å²) in [7, 11) is -3.80. The zero-order valence-electron chi connectivity index (χ0n) is 15.0. The van der Waals surface area contributed by atoms with Gasteiger partial charge in [-0.2, -0.15) is 0 Å². The highest BCUT2D eigenvalue weighted by atomic mass is 32.2. The van der Waals surface area contributed by atoms with E-state index in [1.165, 1.54) is 24.5 Å². The van der Waals surface area contributed by atoms with Gasteiger partial charge in [-0.15, -0.1) is 0 Å². The standard InChI is InChI=1S/C18H18N6O3S/c1-10-8-11(28(19,26)27)2-3-12(10)18(25)24-14-4-5-15(24)23(14)17-13-6-7-20-16(13)21-9-22-17/h2-3,6-9,14-15H,4-5H2,1H3,(H2,19,26,27)(H,20,21,22). The van der Waals surface area contributed by atoms with E-state index in [9.17, 15) is 13.2 Å². The summed E-state index contributed by atoms with van der Waals surface area (Å²) in [4.78, 5) is 28.9. The molecule has 1 amide bonds. The lowest BCUT2D eigenvalue weighted by Crippen LogP contribution is -2.67. The van der Waals surface area contributed by atoms with Crippen LogP contribution in [0, 0.1) is 6.92 Å². The molecule has 3 aliphatic heterocycles. The van der Waals surface area contributed by atoms with Crippen LogP contribution in [-0.4, -0.2) is 46.5 Å². The molecule has 3 aliphatic rings. The van der Waals surface area contributed by atoms with Crippen LogP contribution >= 0.6 is 0 Å². The Labute approximate surface area is 161 Å². The minimum Gasteiger partial charge on any atom is -0.346 e. The van der Waals surface area contributed by atoms with Crippen LogP contribution < -0.4 is 10.0 Å². The molecule has 5 heterocycles. The normalized spacial score (nSPS) is 21.2. The molecule has 6 rings (SSSR count). The van der Waals surface area contributed by atoms with Crippen LogP contribution in [0.4, 0.5) is 5.82 Å². The molecule has 2 aromatic heterocycles. The Morgan fingerprint density at radius 1 is 1.21 bits per heavy atom. The highest BCUT2D eigenvalue weighted by Crippen LogP contribution is 2.45. The highest BCUT2D eigenvalue weighted by molar-refractivity contribution is 7.89. The maximum absolute atomic E-state index is 13.1. The summed E-state index contributed by atoms with van der Waals surface area (Å²) in [5.41, 5.74) is 1.84. The number of rotatable bonds is 3. The molecule has 2 bridgehead atoms. The molecule has 3 aromatic rings. The summed E-state index contributed by atoms with van der Waals surface area (Å²) in [5, 5.41) is 6.11. The summed E-state index contributed by atoms with van der Waals surface area (Å²) in [6.45, 7) is 1.72. The van der Waals surface area contributed by atoms with Gasteiger partial charge in [0.05, 0.1) is 10.3 Å². The van der Waals surface area contributed by atoms with E-state index in [1.54, 1.807) is 6.92 Å². The molecule has 28 heavy (non-hydrogen) atoms. The second-order valence-electron chi connectivity index (χ2n) is 7.12. The van der Waals surface area contributed by atoms with Crippen molar-refractivity contribution in [3.8, 4) is 0 Å². The number of hydrogen-bond acceptors (Lipinski definition) is 6. The SMILES string of the molecule is Cc1cc(S(N)(=O)=O)ccc1C(=O)N1C2CCC1N2c1ncnc2[nH]ccc12. The number of anilines is 1. The van der Waals surface area contributed by atoms with E-state index < -0.39 is 10.0 Å². The zero-order valence-corrected chi connectivity index (χ0v) is 15.8. The average molecular weight is 398 g/mol. The number of nitrogens with zero attached hydrogens (tertiary/aromatic N) is 4. The fraction of sp³-hybridized carbons (Fsp3) is 0.278. The number of hydrogen-bond donors (Lipinski definition) is 2. The van der Waals surface area contributed by atoms with E-state index in [2.05, 4.69) is 19.9 Å². The maximum Gasteiger partial charge on any atom is 0.257 e. The first-order valence-electron chi connectivity index (χ1n) is 8.89. The molecule has 2 unspecified atom stereocenters. The monoisotopic (exact) mass is 398 g/mol. The number of aromatic amines is 1. The van der Waals surface area contributed by atoms with Crippen molar-refractivity contribution >= 4 is 32.8 Å². The van der Waals surface area contributed by atoms with Gasteiger partial charge in [-0.25, -0.2) is 23.5 Å². The first kappa shape index (κ1) is 17.1. The molecular formula is C18H18N6O3S. The highest BCUT2D eigenvalue weighted by Gasteiger charge is 2.55. The van der Waals surface area contributed by atoms with Crippen LogP contribution in [0.3, 0.4) is 0 Å². The molecular weight excluding hydrogens is 380 g/mol. The molecule has 144 valence electrons. The molecule has 2 atom stereocenters. The molecule has 1 aromatic carbocycles. The second-order valence-corrected chi connectivity index (χ2v) is 8.68. The summed E-state index contributed by atoms with van der Waals surface area (Å²) in [5.74, 6) is 0.714. The van der Waals surface area contributed by atoms with Gasteiger partial charge in [-0.1, -0.05) is 0 Å². The summed E-state index contributed by atoms with van der Waals surface area (Å²) in [6.07, 6.45) is 4.94. The summed E-state index contributed by atoms with van der Waals surface area (Å²) >= 11 is 0. The first-order chi connectivity index (χ1) is 13.4.